The molecule has 0 saturated carbocycles. The van der Waals surface area contributed by atoms with Crippen molar-refractivity contribution >= 4 is 17.7 Å². The van der Waals surface area contributed by atoms with E-state index in [4.69, 9.17) is 9.15 Å². The zero-order valence-corrected chi connectivity index (χ0v) is 16.8. The van der Waals surface area contributed by atoms with E-state index in [9.17, 15) is 0 Å². The van der Waals surface area contributed by atoms with Crippen molar-refractivity contribution in [2.24, 2.45) is 4.99 Å². The van der Waals surface area contributed by atoms with Crippen LogP contribution >= 0.6 is 11.8 Å². The first-order valence-electron chi connectivity index (χ1n) is 9.61. The SMILES string of the molecule is CN=C(NCC(c1ccco1)N1CCCC1)NCC1(SC)CCOCC1. The van der Waals surface area contributed by atoms with Crippen molar-refractivity contribution in [1.29, 1.82) is 0 Å². The van der Waals surface area contributed by atoms with Gasteiger partial charge in [0.25, 0.3) is 0 Å². The van der Waals surface area contributed by atoms with Crippen LogP contribution in [0.25, 0.3) is 0 Å². The quantitative estimate of drug-likeness (QED) is 0.560. The summed E-state index contributed by atoms with van der Waals surface area (Å²) >= 11 is 1.94. The molecule has 0 radical (unpaired) electrons. The molecule has 3 rings (SSSR count). The van der Waals surface area contributed by atoms with Gasteiger partial charge in [-0.15, -0.1) is 0 Å². The molecule has 0 aromatic carbocycles. The van der Waals surface area contributed by atoms with Crippen LogP contribution in [0.1, 0.15) is 37.5 Å². The van der Waals surface area contributed by atoms with E-state index in [-0.39, 0.29) is 10.8 Å². The molecule has 0 bridgehead atoms. The number of aliphatic imine (C=N–C) groups is 1. The summed E-state index contributed by atoms with van der Waals surface area (Å²) < 4.78 is 11.5. The second-order valence-corrected chi connectivity index (χ2v) is 8.35. The van der Waals surface area contributed by atoms with Crippen LogP contribution < -0.4 is 10.6 Å². The highest BCUT2D eigenvalue weighted by Crippen LogP contribution is 2.33. The first-order chi connectivity index (χ1) is 12.8. The standard InChI is InChI=1S/C19H32N4O2S/c1-20-18(22-15-19(26-2)7-12-24-13-8-19)21-14-16(17-6-5-11-25-17)23-9-3-4-10-23/h5-6,11,16H,3-4,7-10,12-15H2,1-2H3,(H2,20,21,22). The first kappa shape index (κ1) is 19.6. The molecule has 1 aromatic rings. The van der Waals surface area contributed by atoms with E-state index in [0.717, 1.165) is 64.0 Å². The molecule has 0 aliphatic carbocycles. The van der Waals surface area contributed by atoms with Gasteiger partial charge in [-0.05, 0) is 57.2 Å². The Balaban J connectivity index is 1.55. The average Bonchev–Trinajstić information content (AvgIpc) is 3.40. The summed E-state index contributed by atoms with van der Waals surface area (Å²) in [4.78, 5) is 6.92. The van der Waals surface area contributed by atoms with E-state index >= 15 is 0 Å². The van der Waals surface area contributed by atoms with Gasteiger partial charge in [-0.3, -0.25) is 9.89 Å². The first-order valence-corrected chi connectivity index (χ1v) is 10.8. The number of hydrogen-bond acceptors (Lipinski definition) is 5. The van der Waals surface area contributed by atoms with Gasteiger partial charge in [0.1, 0.15) is 5.76 Å². The number of guanidine groups is 1. The predicted octanol–water partition coefficient (Wildman–Crippen LogP) is 2.49. The van der Waals surface area contributed by atoms with E-state index in [2.05, 4.69) is 32.8 Å². The number of nitrogens with one attached hydrogen (secondary N) is 2. The lowest BCUT2D eigenvalue weighted by Gasteiger charge is -2.36. The highest BCUT2D eigenvalue weighted by molar-refractivity contribution is 8.00. The van der Waals surface area contributed by atoms with Crippen LogP contribution in [0.3, 0.4) is 0 Å². The minimum absolute atomic E-state index is 0.241. The zero-order chi connectivity index (χ0) is 18.2. The van der Waals surface area contributed by atoms with E-state index < -0.39 is 0 Å². The molecule has 0 spiro atoms. The van der Waals surface area contributed by atoms with Crippen LogP contribution in [-0.4, -0.2) is 68.3 Å². The van der Waals surface area contributed by atoms with Gasteiger partial charge in [0.05, 0.1) is 12.3 Å². The third-order valence-electron chi connectivity index (χ3n) is 5.55. The smallest absolute Gasteiger partial charge is 0.191 e. The number of hydrogen-bond donors (Lipinski definition) is 2. The van der Waals surface area contributed by atoms with Gasteiger partial charge in [0.15, 0.2) is 5.96 Å². The molecular formula is C19H32N4O2S. The summed E-state index contributed by atoms with van der Waals surface area (Å²) in [6.45, 7) is 5.67. The molecule has 0 amide bonds. The molecule has 1 atom stereocenters. The average molecular weight is 381 g/mol. The van der Waals surface area contributed by atoms with Crippen LogP contribution in [0.2, 0.25) is 0 Å². The third-order valence-corrected chi connectivity index (χ3v) is 6.97. The van der Waals surface area contributed by atoms with E-state index in [0.29, 0.717) is 0 Å². The molecule has 7 heteroatoms. The Bertz CT molecular complexity index is 552. The molecule has 2 saturated heterocycles. The van der Waals surface area contributed by atoms with Gasteiger partial charge in [0, 0.05) is 38.1 Å². The lowest BCUT2D eigenvalue weighted by atomic mass is 9.99. The summed E-state index contributed by atoms with van der Waals surface area (Å²) in [5, 5.41) is 7.05. The van der Waals surface area contributed by atoms with Gasteiger partial charge in [0.2, 0.25) is 0 Å². The molecule has 146 valence electrons. The van der Waals surface area contributed by atoms with Crippen molar-refractivity contribution < 1.29 is 9.15 Å². The molecule has 2 fully saturated rings. The fourth-order valence-corrected chi connectivity index (χ4v) is 4.59. The van der Waals surface area contributed by atoms with Gasteiger partial charge in [-0.2, -0.15) is 11.8 Å². The van der Waals surface area contributed by atoms with Crippen LogP contribution in [0, 0.1) is 0 Å². The Morgan fingerprint density at radius 3 is 2.69 bits per heavy atom. The largest absolute Gasteiger partial charge is 0.468 e. The summed E-state index contributed by atoms with van der Waals surface area (Å²) in [6.07, 6.45) is 8.66. The van der Waals surface area contributed by atoms with E-state index in [1.165, 1.54) is 12.8 Å². The number of likely N-dealkylation sites (tertiary alicyclic amines) is 1. The van der Waals surface area contributed by atoms with Crippen molar-refractivity contribution in [3.63, 3.8) is 0 Å². The lowest BCUT2D eigenvalue weighted by molar-refractivity contribution is 0.0782. The summed E-state index contributed by atoms with van der Waals surface area (Å²) in [5.74, 6) is 1.89. The molecule has 1 aromatic heterocycles. The fourth-order valence-electron chi connectivity index (χ4n) is 3.80. The van der Waals surface area contributed by atoms with Crippen LogP contribution in [0.5, 0.6) is 0 Å². The maximum atomic E-state index is 5.70. The van der Waals surface area contributed by atoms with Crippen LogP contribution in [0.4, 0.5) is 0 Å². The molecule has 2 aliphatic rings. The number of thioether (sulfide) groups is 1. The van der Waals surface area contributed by atoms with E-state index in [1.807, 2.05) is 24.9 Å². The fraction of sp³-hybridized carbons (Fsp3) is 0.737. The van der Waals surface area contributed by atoms with Crippen LogP contribution in [0.15, 0.2) is 27.8 Å². The van der Waals surface area contributed by atoms with Crippen LogP contribution in [-0.2, 0) is 4.74 Å². The molecule has 3 heterocycles. The van der Waals surface area contributed by atoms with Gasteiger partial charge < -0.3 is 19.8 Å². The second-order valence-electron chi connectivity index (χ2n) is 7.08. The Morgan fingerprint density at radius 2 is 2.08 bits per heavy atom. The summed E-state index contributed by atoms with van der Waals surface area (Å²) in [7, 11) is 1.84. The Labute approximate surface area is 161 Å². The topological polar surface area (TPSA) is 62.0 Å². The minimum Gasteiger partial charge on any atom is -0.468 e. The molecule has 2 aliphatic heterocycles. The monoisotopic (exact) mass is 380 g/mol. The second kappa shape index (κ2) is 9.67. The Kier molecular flexibility index (Phi) is 7.28. The van der Waals surface area contributed by atoms with Crippen molar-refractivity contribution in [3.05, 3.63) is 24.2 Å². The molecule has 6 nitrogen and oxygen atoms in total. The number of ether oxygens (including phenoxy) is 1. The molecule has 1 unspecified atom stereocenters. The molecule has 26 heavy (non-hydrogen) atoms. The Morgan fingerprint density at radius 1 is 1.31 bits per heavy atom. The van der Waals surface area contributed by atoms with Crippen molar-refractivity contribution in [3.8, 4) is 0 Å². The van der Waals surface area contributed by atoms with Crippen molar-refractivity contribution in [1.82, 2.24) is 15.5 Å². The van der Waals surface area contributed by atoms with Gasteiger partial charge in [-0.25, -0.2) is 0 Å². The van der Waals surface area contributed by atoms with Crippen molar-refractivity contribution in [2.45, 2.75) is 36.5 Å². The number of rotatable bonds is 7. The maximum absolute atomic E-state index is 5.70. The van der Waals surface area contributed by atoms with E-state index in [1.54, 1.807) is 6.26 Å². The maximum Gasteiger partial charge on any atom is 0.191 e. The number of furan rings is 1. The highest BCUT2D eigenvalue weighted by Gasteiger charge is 2.32. The normalized spacial score (nSPS) is 22.3. The molecular weight excluding hydrogens is 348 g/mol. The lowest BCUT2D eigenvalue weighted by Crippen LogP contribution is -2.49. The predicted molar refractivity (Wildman–Crippen MR) is 108 cm³/mol. The molecule has 2 N–H and O–H groups in total. The number of nitrogens with zero attached hydrogens (tertiary/aromatic N) is 2. The van der Waals surface area contributed by atoms with Gasteiger partial charge >= 0.3 is 0 Å². The van der Waals surface area contributed by atoms with Gasteiger partial charge in [-0.1, -0.05) is 0 Å². The van der Waals surface area contributed by atoms with Crippen molar-refractivity contribution in [2.75, 3.05) is 52.7 Å². The zero-order valence-electron chi connectivity index (χ0n) is 16.0. The highest BCUT2D eigenvalue weighted by atomic mass is 32.2. The minimum atomic E-state index is 0.241. The summed E-state index contributed by atoms with van der Waals surface area (Å²) in [5.41, 5.74) is 0. The summed E-state index contributed by atoms with van der Waals surface area (Å²) in [6, 6.07) is 4.30. The third kappa shape index (κ3) is 4.96. The Hall–Kier alpha value is -1.18.